The van der Waals surface area contributed by atoms with Crippen LogP contribution in [0.5, 0.6) is 0 Å². The number of azide groups is 1. The molecule has 0 spiro atoms. The molecule has 1 unspecified atom stereocenters. The summed E-state index contributed by atoms with van der Waals surface area (Å²) in [5, 5.41) is 3.71. The van der Waals surface area contributed by atoms with Gasteiger partial charge in [-0.05, 0) is 67.4 Å². The lowest BCUT2D eigenvalue weighted by atomic mass is 9.54. The summed E-state index contributed by atoms with van der Waals surface area (Å²) in [7, 11) is 0. The molecule has 0 amide bonds. The maximum atomic E-state index is 13.2. The predicted molar refractivity (Wildman–Crippen MR) is 93.3 cm³/mol. The van der Waals surface area contributed by atoms with Crippen LogP contribution in [0.15, 0.2) is 29.4 Å². The highest BCUT2D eigenvalue weighted by Gasteiger charge is 2.58. The largest absolute Gasteiger partial charge is 0.458 e. The average Bonchev–Trinajstić information content (AvgIpc) is 2.87. The predicted octanol–water partition coefficient (Wildman–Crippen LogP) is 3.99. The normalized spacial score (nSPS) is 39.4. The van der Waals surface area contributed by atoms with E-state index in [0.717, 1.165) is 24.8 Å². The van der Waals surface area contributed by atoms with Crippen molar-refractivity contribution in [2.24, 2.45) is 22.9 Å². The molecule has 26 heavy (non-hydrogen) atoms. The zero-order valence-electron chi connectivity index (χ0n) is 14.6. The highest BCUT2D eigenvalue weighted by Crippen LogP contribution is 2.57. The van der Waals surface area contributed by atoms with Gasteiger partial charge in [-0.15, -0.1) is 0 Å². The lowest BCUT2D eigenvalue weighted by Gasteiger charge is -2.56. The minimum Gasteiger partial charge on any atom is -0.458 e. The lowest BCUT2D eigenvalue weighted by molar-refractivity contribution is -0.190. The molecule has 6 heteroatoms. The molecule has 0 saturated heterocycles. The molecule has 0 radical (unpaired) electrons. The fourth-order valence-corrected chi connectivity index (χ4v) is 6.27. The summed E-state index contributed by atoms with van der Waals surface area (Å²) in [6.45, 7) is 0. The molecule has 1 aromatic carbocycles. The van der Waals surface area contributed by atoms with E-state index < -0.39 is 22.9 Å². The van der Waals surface area contributed by atoms with E-state index in [0.29, 0.717) is 23.3 Å². The molecule has 5 aliphatic rings. The molecule has 1 aromatic rings. The van der Waals surface area contributed by atoms with Crippen molar-refractivity contribution < 1.29 is 14.3 Å². The van der Waals surface area contributed by atoms with Crippen LogP contribution >= 0.6 is 0 Å². The van der Waals surface area contributed by atoms with Gasteiger partial charge >= 0.3 is 5.97 Å². The molecule has 0 aromatic heterocycles. The third kappa shape index (κ3) is 2.15. The van der Waals surface area contributed by atoms with Crippen LogP contribution in [0.4, 0.5) is 0 Å². The van der Waals surface area contributed by atoms with Gasteiger partial charge in [-0.25, -0.2) is 0 Å². The minimum atomic E-state index is -1.78. The monoisotopic (exact) mass is 351 g/mol. The van der Waals surface area contributed by atoms with Gasteiger partial charge in [0.05, 0.1) is 0 Å². The number of ketones is 1. The van der Waals surface area contributed by atoms with Crippen molar-refractivity contribution >= 4 is 11.8 Å². The van der Waals surface area contributed by atoms with Crippen LogP contribution in [-0.4, -0.2) is 22.9 Å². The fraction of sp³-hybridized carbons (Fsp3) is 0.600. The maximum absolute atomic E-state index is 13.2. The summed E-state index contributed by atoms with van der Waals surface area (Å²) in [5.74, 6) is 0.793. The number of hydrogen-bond donors (Lipinski definition) is 0. The molecule has 0 heterocycles. The molecule has 4 fully saturated rings. The Hall–Kier alpha value is -2.33. The van der Waals surface area contributed by atoms with Crippen molar-refractivity contribution in [1.29, 1.82) is 0 Å². The number of esters is 1. The first-order valence-corrected chi connectivity index (χ1v) is 9.46. The number of rotatable bonds is 3. The third-order valence-corrected chi connectivity index (χ3v) is 6.93. The van der Waals surface area contributed by atoms with E-state index in [1.54, 1.807) is 18.2 Å². The van der Waals surface area contributed by atoms with E-state index in [1.165, 1.54) is 19.3 Å². The first-order valence-electron chi connectivity index (χ1n) is 9.46. The van der Waals surface area contributed by atoms with Gasteiger partial charge in [0, 0.05) is 16.9 Å². The Labute approximate surface area is 151 Å². The van der Waals surface area contributed by atoms with Crippen LogP contribution < -0.4 is 0 Å². The lowest BCUT2D eigenvalue weighted by Crippen LogP contribution is -2.56. The van der Waals surface area contributed by atoms with E-state index >= 15 is 0 Å². The number of fused-ring (bicyclic) bond motifs is 1. The zero-order chi connectivity index (χ0) is 17.9. The van der Waals surface area contributed by atoms with E-state index in [2.05, 4.69) is 10.0 Å². The van der Waals surface area contributed by atoms with Crippen LogP contribution in [0.3, 0.4) is 0 Å². The molecule has 6 nitrogen and oxygen atoms in total. The van der Waals surface area contributed by atoms with Crippen molar-refractivity contribution in [3.63, 3.8) is 0 Å². The second-order valence-corrected chi connectivity index (χ2v) is 8.70. The highest BCUT2D eigenvalue weighted by molar-refractivity contribution is 6.20. The van der Waals surface area contributed by atoms with Crippen LogP contribution in [0.2, 0.25) is 0 Å². The van der Waals surface area contributed by atoms with Gasteiger partial charge in [-0.3, -0.25) is 9.59 Å². The molecular formula is C20H21N3O3. The first-order chi connectivity index (χ1) is 12.5. The number of carbonyl (C=O) groups excluding carboxylic acids is 2. The third-order valence-electron chi connectivity index (χ3n) is 6.93. The van der Waals surface area contributed by atoms with Crippen molar-refractivity contribution in [3.05, 3.63) is 45.8 Å². The topological polar surface area (TPSA) is 92.1 Å². The average molecular weight is 351 g/mol. The standard InChI is InChI=1S/C20H21N3O3/c21-23-22-20(11-15-3-1-2-4-16(15)17(20)24)18(25)26-19-8-12-5-13(9-19)7-14(6-12)10-19/h1-4,12-14H,5-11H2. The number of carbonyl (C=O) groups is 2. The summed E-state index contributed by atoms with van der Waals surface area (Å²) >= 11 is 0. The van der Waals surface area contributed by atoms with E-state index in [1.807, 2.05) is 6.07 Å². The van der Waals surface area contributed by atoms with Gasteiger partial charge in [0.1, 0.15) is 5.60 Å². The smallest absolute Gasteiger partial charge is 0.327 e. The quantitative estimate of drug-likeness (QED) is 0.271. The van der Waals surface area contributed by atoms with Gasteiger partial charge in [0.15, 0.2) is 5.78 Å². The molecule has 6 rings (SSSR count). The highest BCUT2D eigenvalue weighted by atomic mass is 16.6. The van der Waals surface area contributed by atoms with Crippen molar-refractivity contribution in [3.8, 4) is 0 Å². The summed E-state index contributed by atoms with van der Waals surface area (Å²) in [6, 6.07) is 7.07. The SMILES string of the molecule is [N-]=[N+]=NC1(C(=O)OC23CC4CC(CC(C4)C2)C3)Cc2ccccc2C1=O. The van der Waals surface area contributed by atoms with Crippen LogP contribution in [0, 0.1) is 17.8 Å². The van der Waals surface area contributed by atoms with Gasteiger partial charge in [0.25, 0.3) is 0 Å². The molecule has 4 saturated carbocycles. The summed E-state index contributed by atoms with van der Waals surface area (Å²) < 4.78 is 6.07. The Balaban J connectivity index is 1.47. The molecular weight excluding hydrogens is 330 g/mol. The summed E-state index contributed by atoms with van der Waals surface area (Å²) in [5.41, 5.74) is 8.03. The molecule has 5 aliphatic carbocycles. The number of nitrogens with zero attached hydrogens (tertiary/aromatic N) is 3. The number of benzene rings is 1. The Morgan fingerprint density at radius 1 is 1.12 bits per heavy atom. The Morgan fingerprint density at radius 3 is 2.31 bits per heavy atom. The number of Topliss-reactive ketones (excluding diaryl/α,β-unsaturated/α-hetero) is 1. The van der Waals surface area contributed by atoms with E-state index in [-0.39, 0.29) is 6.42 Å². The molecule has 4 bridgehead atoms. The fourth-order valence-electron chi connectivity index (χ4n) is 6.27. The van der Waals surface area contributed by atoms with Gasteiger partial charge < -0.3 is 4.74 Å². The molecule has 134 valence electrons. The van der Waals surface area contributed by atoms with Gasteiger partial charge in [-0.2, -0.15) is 0 Å². The zero-order valence-corrected chi connectivity index (χ0v) is 14.6. The second-order valence-electron chi connectivity index (χ2n) is 8.70. The van der Waals surface area contributed by atoms with E-state index in [9.17, 15) is 9.59 Å². The minimum absolute atomic E-state index is 0.0945. The molecule has 0 N–H and O–H groups in total. The van der Waals surface area contributed by atoms with Crippen molar-refractivity contribution in [2.75, 3.05) is 0 Å². The van der Waals surface area contributed by atoms with E-state index in [4.69, 9.17) is 10.3 Å². The van der Waals surface area contributed by atoms with Crippen LogP contribution in [-0.2, 0) is 16.0 Å². The first kappa shape index (κ1) is 15.9. The van der Waals surface area contributed by atoms with Crippen molar-refractivity contribution in [2.45, 2.75) is 56.1 Å². The van der Waals surface area contributed by atoms with Crippen molar-refractivity contribution in [1.82, 2.24) is 0 Å². The Kier molecular flexibility index (Phi) is 3.26. The van der Waals surface area contributed by atoms with Crippen LogP contribution in [0.25, 0.3) is 10.4 Å². The molecule has 1 atom stereocenters. The number of hydrogen-bond acceptors (Lipinski definition) is 4. The second kappa shape index (κ2) is 5.34. The Bertz CT molecular complexity index is 822. The van der Waals surface area contributed by atoms with Gasteiger partial charge in [-0.1, -0.05) is 29.4 Å². The molecule has 0 aliphatic heterocycles. The Morgan fingerprint density at radius 2 is 1.73 bits per heavy atom. The number of ether oxygens (including phenoxy) is 1. The summed E-state index contributed by atoms with van der Waals surface area (Å²) in [4.78, 5) is 29.0. The van der Waals surface area contributed by atoms with Crippen LogP contribution in [0.1, 0.15) is 54.4 Å². The maximum Gasteiger partial charge on any atom is 0.327 e. The summed E-state index contributed by atoms with van der Waals surface area (Å²) in [6.07, 6.45) is 6.47. The van der Waals surface area contributed by atoms with Gasteiger partial charge in [0.2, 0.25) is 5.54 Å².